The quantitative estimate of drug-likeness (QED) is 0.786. The lowest BCUT2D eigenvalue weighted by atomic mass is 10.2. The highest BCUT2D eigenvalue weighted by atomic mass is 32.1. The maximum atomic E-state index is 5.61. The van der Waals surface area contributed by atoms with Gasteiger partial charge in [0.05, 0.1) is 6.61 Å². The molecule has 0 atom stereocenters. The van der Waals surface area contributed by atoms with E-state index < -0.39 is 0 Å². The molecular weight excluding hydrogens is 258 g/mol. The van der Waals surface area contributed by atoms with Crippen LogP contribution in [0, 0.1) is 0 Å². The third-order valence-electron chi connectivity index (χ3n) is 2.57. The summed E-state index contributed by atoms with van der Waals surface area (Å²) in [4.78, 5) is 4.42. The van der Waals surface area contributed by atoms with Crippen molar-refractivity contribution in [1.82, 2.24) is 9.36 Å². The monoisotopic (exact) mass is 277 g/mol. The Morgan fingerprint density at radius 2 is 2.05 bits per heavy atom. The van der Waals surface area contributed by atoms with Gasteiger partial charge >= 0.3 is 0 Å². The van der Waals surface area contributed by atoms with Gasteiger partial charge in [0.1, 0.15) is 11.6 Å². The van der Waals surface area contributed by atoms with Gasteiger partial charge in [-0.3, -0.25) is 0 Å². The third-order valence-corrected chi connectivity index (χ3v) is 3.25. The summed E-state index contributed by atoms with van der Waals surface area (Å²) < 4.78 is 9.91. The highest BCUT2D eigenvalue weighted by Gasteiger charge is 2.06. The van der Waals surface area contributed by atoms with E-state index in [1.54, 1.807) is 0 Å². The molecular formula is C14H19N3OS. The Morgan fingerprint density at radius 1 is 1.26 bits per heavy atom. The molecule has 0 aliphatic carbocycles. The van der Waals surface area contributed by atoms with Crippen LogP contribution in [-0.4, -0.2) is 22.5 Å². The van der Waals surface area contributed by atoms with Crippen LogP contribution in [0.4, 0.5) is 5.13 Å². The molecule has 19 heavy (non-hydrogen) atoms. The van der Waals surface area contributed by atoms with E-state index in [-0.39, 0.29) is 0 Å². The fourth-order valence-electron chi connectivity index (χ4n) is 1.52. The van der Waals surface area contributed by atoms with Gasteiger partial charge in [-0.1, -0.05) is 32.0 Å². The van der Waals surface area contributed by atoms with E-state index in [4.69, 9.17) is 4.74 Å². The van der Waals surface area contributed by atoms with E-state index in [9.17, 15) is 0 Å². The van der Waals surface area contributed by atoms with Crippen LogP contribution in [0.2, 0.25) is 0 Å². The lowest BCUT2D eigenvalue weighted by Crippen LogP contribution is -2.07. The Hall–Kier alpha value is -1.62. The smallest absolute Gasteiger partial charge is 0.202 e. The highest BCUT2D eigenvalue weighted by Crippen LogP contribution is 2.17. The molecule has 4 nitrogen and oxygen atoms in total. The minimum Gasteiger partial charge on any atom is -0.494 e. The molecule has 0 bridgehead atoms. The predicted octanol–water partition coefficient (Wildman–Crippen LogP) is 3.54. The van der Waals surface area contributed by atoms with Gasteiger partial charge in [0.25, 0.3) is 0 Å². The van der Waals surface area contributed by atoms with Gasteiger partial charge in [-0.15, -0.1) is 0 Å². The number of hydrogen-bond donors (Lipinski definition) is 1. The number of benzene rings is 1. The first-order valence-electron chi connectivity index (χ1n) is 6.51. The second-order valence-corrected chi connectivity index (χ2v) is 5.31. The molecule has 0 aliphatic heterocycles. The average molecular weight is 277 g/mol. The van der Waals surface area contributed by atoms with E-state index in [1.165, 1.54) is 11.5 Å². The second kappa shape index (κ2) is 7.09. The van der Waals surface area contributed by atoms with Crippen LogP contribution >= 0.6 is 11.5 Å². The maximum Gasteiger partial charge on any atom is 0.202 e. The van der Waals surface area contributed by atoms with Crippen molar-refractivity contribution in [3.63, 3.8) is 0 Å². The van der Waals surface area contributed by atoms with Gasteiger partial charge in [0.15, 0.2) is 0 Å². The standard InChI is InChI=1S/C14H19N3OS/c1-11(2)13-16-14(19-17-13)15-9-6-10-18-12-7-4-3-5-8-12/h3-5,7-8,11H,6,9-10H2,1-2H3,(H,15,16,17). The van der Waals surface area contributed by atoms with E-state index >= 15 is 0 Å². The van der Waals surface area contributed by atoms with E-state index in [0.29, 0.717) is 12.5 Å². The maximum absolute atomic E-state index is 5.61. The van der Waals surface area contributed by atoms with Crippen molar-refractivity contribution in [2.75, 3.05) is 18.5 Å². The van der Waals surface area contributed by atoms with Gasteiger partial charge in [0, 0.05) is 24.0 Å². The molecule has 2 rings (SSSR count). The topological polar surface area (TPSA) is 47.0 Å². The molecule has 0 unspecified atom stereocenters. The number of aromatic nitrogens is 2. The largest absolute Gasteiger partial charge is 0.494 e. The Kier molecular flexibility index (Phi) is 5.15. The minimum absolute atomic E-state index is 0.383. The molecule has 5 heteroatoms. The van der Waals surface area contributed by atoms with Crippen LogP contribution < -0.4 is 10.1 Å². The SMILES string of the molecule is CC(C)c1nsc(NCCCOc2ccccc2)n1. The summed E-state index contributed by atoms with van der Waals surface area (Å²) in [6.07, 6.45) is 0.936. The van der Waals surface area contributed by atoms with Crippen molar-refractivity contribution in [3.8, 4) is 5.75 Å². The second-order valence-electron chi connectivity index (χ2n) is 4.55. The van der Waals surface area contributed by atoms with Crippen molar-refractivity contribution in [3.05, 3.63) is 36.2 Å². The highest BCUT2D eigenvalue weighted by molar-refractivity contribution is 7.09. The van der Waals surface area contributed by atoms with Crippen LogP contribution in [0.3, 0.4) is 0 Å². The number of rotatable bonds is 7. The Labute approximate surface area is 118 Å². The van der Waals surface area contributed by atoms with Crippen molar-refractivity contribution >= 4 is 16.7 Å². The third kappa shape index (κ3) is 4.52. The molecule has 2 aromatic rings. The number of anilines is 1. The zero-order valence-electron chi connectivity index (χ0n) is 11.3. The summed E-state index contributed by atoms with van der Waals surface area (Å²) in [7, 11) is 0. The van der Waals surface area contributed by atoms with Crippen LogP contribution in [0.1, 0.15) is 32.0 Å². The molecule has 0 radical (unpaired) electrons. The van der Waals surface area contributed by atoms with Crippen LogP contribution in [0.25, 0.3) is 0 Å². The van der Waals surface area contributed by atoms with Gasteiger partial charge in [0.2, 0.25) is 5.13 Å². The first-order chi connectivity index (χ1) is 9.25. The zero-order valence-corrected chi connectivity index (χ0v) is 12.1. The predicted molar refractivity (Wildman–Crippen MR) is 79.0 cm³/mol. The fraction of sp³-hybridized carbons (Fsp3) is 0.429. The van der Waals surface area contributed by atoms with Crippen LogP contribution in [0.15, 0.2) is 30.3 Å². The van der Waals surface area contributed by atoms with Gasteiger partial charge in [-0.2, -0.15) is 4.37 Å². The fourth-order valence-corrected chi connectivity index (χ4v) is 2.25. The number of nitrogens with one attached hydrogen (secondary N) is 1. The molecule has 0 saturated carbocycles. The normalized spacial score (nSPS) is 10.7. The first kappa shape index (κ1) is 13.8. The number of para-hydroxylation sites is 1. The first-order valence-corrected chi connectivity index (χ1v) is 7.28. The number of hydrogen-bond acceptors (Lipinski definition) is 5. The van der Waals surface area contributed by atoms with Crippen molar-refractivity contribution in [2.24, 2.45) is 0 Å². The number of nitrogens with zero attached hydrogens (tertiary/aromatic N) is 2. The summed E-state index contributed by atoms with van der Waals surface area (Å²) in [5.74, 6) is 2.21. The molecule has 0 fully saturated rings. The van der Waals surface area contributed by atoms with Crippen molar-refractivity contribution in [2.45, 2.75) is 26.2 Å². The summed E-state index contributed by atoms with van der Waals surface area (Å²) in [5, 5.41) is 4.16. The molecule has 0 spiro atoms. The van der Waals surface area contributed by atoms with E-state index in [0.717, 1.165) is 29.7 Å². The summed E-state index contributed by atoms with van der Waals surface area (Å²) in [5.41, 5.74) is 0. The Balaban J connectivity index is 1.64. The van der Waals surface area contributed by atoms with Crippen LogP contribution in [0.5, 0.6) is 5.75 Å². The van der Waals surface area contributed by atoms with Gasteiger partial charge < -0.3 is 10.1 Å². The minimum atomic E-state index is 0.383. The molecule has 1 N–H and O–H groups in total. The van der Waals surface area contributed by atoms with Crippen molar-refractivity contribution in [1.29, 1.82) is 0 Å². The van der Waals surface area contributed by atoms with Crippen molar-refractivity contribution < 1.29 is 4.74 Å². The number of ether oxygens (including phenoxy) is 1. The zero-order chi connectivity index (χ0) is 13.5. The van der Waals surface area contributed by atoms with E-state index in [2.05, 4.69) is 28.5 Å². The molecule has 0 amide bonds. The lowest BCUT2D eigenvalue weighted by Gasteiger charge is -2.05. The molecule has 102 valence electrons. The molecule has 1 aromatic carbocycles. The van der Waals surface area contributed by atoms with Gasteiger partial charge in [-0.25, -0.2) is 4.98 Å². The summed E-state index contributed by atoms with van der Waals surface area (Å²) >= 11 is 1.42. The average Bonchev–Trinajstić information content (AvgIpc) is 2.89. The summed E-state index contributed by atoms with van der Waals surface area (Å²) in [6, 6.07) is 9.86. The molecule has 0 aliphatic rings. The molecule has 0 saturated heterocycles. The van der Waals surface area contributed by atoms with Gasteiger partial charge in [-0.05, 0) is 18.6 Å². The van der Waals surface area contributed by atoms with E-state index in [1.807, 2.05) is 30.3 Å². The summed E-state index contributed by atoms with van der Waals surface area (Å²) in [6.45, 7) is 5.74. The molecule has 1 heterocycles. The lowest BCUT2D eigenvalue weighted by molar-refractivity contribution is 0.315. The Morgan fingerprint density at radius 3 is 2.74 bits per heavy atom. The molecule has 1 aromatic heterocycles. The Bertz CT molecular complexity index is 484. The van der Waals surface area contributed by atoms with Crippen LogP contribution in [-0.2, 0) is 0 Å².